The lowest BCUT2D eigenvalue weighted by Crippen LogP contribution is -2.23. The Morgan fingerprint density at radius 3 is 2.25 bits per heavy atom. The van der Waals surface area contributed by atoms with Crippen molar-refractivity contribution in [3.05, 3.63) is 40.8 Å². The Hall–Kier alpha value is -3.82. The van der Waals surface area contributed by atoms with E-state index in [-0.39, 0.29) is 30.3 Å². The van der Waals surface area contributed by atoms with Crippen LogP contribution in [0.4, 0.5) is 11.5 Å². The number of benzene rings is 1. The third-order valence-electron chi connectivity index (χ3n) is 5.02. The number of carbonyl (C=O) groups is 2. The van der Waals surface area contributed by atoms with Crippen LogP contribution in [0.5, 0.6) is 11.5 Å². The molecule has 3 aromatic rings. The number of aryl methyl sites for hydroxylation is 2. The molecular formula is C22H27N5O5. The molecule has 0 atom stereocenters. The highest BCUT2D eigenvalue weighted by atomic mass is 16.5. The summed E-state index contributed by atoms with van der Waals surface area (Å²) in [5.41, 5.74) is 1.59. The van der Waals surface area contributed by atoms with Gasteiger partial charge in [0.1, 0.15) is 17.3 Å². The Balaban J connectivity index is 1.63. The van der Waals surface area contributed by atoms with Crippen molar-refractivity contribution in [3.63, 3.8) is 0 Å². The number of ether oxygens (including phenoxy) is 2. The van der Waals surface area contributed by atoms with Crippen LogP contribution in [0.2, 0.25) is 0 Å². The Bertz CT molecular complexity index is 1200. The van der Waals surface area contributed by atoms with Crippen molar-refractivity contribution in [3.8, 4) is 11.5 Å². The number of pyridine rings is 1. The number of carbonyl (C=O) groups excluding carboxylic acids is 2. The minimum atomic E-state index is -0.353. The Morgan fingerprint density at radius 2 is 1.62 bits per heavy atom. The van der Waals surface area contributed by atoms with Crippen molar-refractivity contribution in [1.29, 1.82) is 0 Å². The van der Waals surface area contributed by atoms with Gasteiger partial charge in [-0.05, 0) is 38.1 Å². The molecule has 0 bridgehead atoms. The van der Waals surface area contributed by atoms with Crippen molar-refractivity contribution >= 4 is 34.5 Å². The van der Waals surface area contributed by atoms with E-state index < -0.39 is 0 Å². The van der Waals surface area contributed by atoms with E-state index in [1.54, 1.807) is 46.6 Å². The molecule has 0 aliphatic heterocycles. The van der Waals surface area contributed by atoms with E-state index in [4.69, 9.17) is 9.47 Å². The first kappa shape index (κ1) is 22.9. The summed E-state index contributed by atoms with van der Waals surface area (Å²) in [4.78, 5) is 41.5. The first-order valence-corrected chi connectivity index (χ1v) is 10.3. The first-order valence-electron chi connectivity index (χ1n) is 10.3. The second-order valence-electron chi connectivity index (χ2n) is 6.97. The van der Waals surface area contributed by atoms with Gasteiger partial charge in [-0.1, -0.05) is 0 Å². The van der Waals surface area contributed by atoms with Crippen LogP contribution in [0.15, 0.2) is 35.1 Å². The van der Waals surface area contributed by atoms with Crippen LogP contribution in [0.3, 0.4) is 0 Å². The highest BCUT2D eigenvalue weighted by molar-refractivity contribution is 5.97. The van der Waals surface area contributed by atoms with Crippen LogP contribution in [0.1, 0.15) is 26.7 Å². The number of imidazole rings is 1. The summed E-state index contributed by atoms with van der Waals surface area (Å²) in [5.74, 6) is 0.711. The van der Waals surface area contributed by atoms with Gasteiger partial charge in [0.05, 0.1) is 25.4 Å². The van der Waals surface area contributed by atoms with Crippen LogP contribution in [0, 0.1) is 0 Å². The fraction of sp³-hybridized carbons (Fsp3) is 0.364. The van der Waals surface area contributed by atoms with Gasteiger partial charge in [-0.25, -0.2) is 9.78 Å². The number of nitrogens with one attached hydrogen (secondary N) is 2. The number of nitrogens with zero attached hydrogens (tertiary/aromatic N) is 3. The Kier molecular flexibility index (Phi) is 7.14. The third kappa shape index (κ3) is 4.74. The molecule has 0 saturated heterocycles. The zero-order valence-electron chi connectivity index (χ0n) is 18.6. The number of rotatable bonds is 9. The summed E-state index contributed by atoms with van der Waals surface area (Å²) < 4.78 is 13.6. The maximum absolute atomic E-state index is 12.4. The Labute approximate surface area is 185 Å². The van der Waals surface area contributed by atoms with Gasteiger partial charge in [-0.15, -0.1) is 0 Å². The number of fused-ring (bicyclic) bond motifs is 1. The molecule has 10 heteroatoms. The van der Waals surface area contributed by atoms with Gasteiger partial charge in [0.15, 0.2) is 5.65 Å². The quantitative estimate of drug-likeness (QED) is 0.527. The molecule has 0 radical (unpaired) electrons. The number of anilines is 2. The van der Waals surface area contributed by atoms with Crippen LogP contribution in [0.25, 0.3) is 11.2 Å². The smallest absolute Gasteiger partial charge is 0.330 e. The molecule has 32 heavy (non-hydrogen) atoms. The molecule has 0 saturated carbocycles. The van der Waals surface area contributed by atoms with E-state index in [1.165, 1.54) is 7.11 Å². The first-order chi connectivity index (χ1) is 15.4. The van der Waals surface area contributed by atoms with E-state index in [9.17, 15) is 14.4 Å². The molecular weight excluding hydrogens is 414 g/mol. The van der Waals surface area contributed by atoms with Crippen molar-refractivity contribution in [2.75, 3.05) is 24.9 Å². The monoisotopic (exact) mass is 441 g/mol. The highest BCUT2D eigenvalue weighted by Gasteiger charge is 2.15. The van der Waals surface area contributed by atoms with E-state index in [0.29, 0.717) is 47.3 Å². The Morgan fingerprint density at radius 1 is 0.938 bits per heavy atom. The van der Waals surface area contributed by atoms with Crippen LogP contribution < -0.4 is 25.8 Å². The molecule has 2 N–H and O–H groups in total. The summed E-state index contributed by atoms with van der Waals surface area (Å²) >= 11 is 0. The number of hydrogen-bond donors (Lipinski definition) is 2. The minimum absolute atomic E-state index is 0.0187. The van der Waals surface area contributed by atoms with Crippen molar-refractivity contribution in [2.24, 2.45) is 0 Å². The van der Waals surface area contributed by atoms with Crippen LogP contribution in [-0.4, -0.2) is 40.2 Å². The molecule has 0 spiro atoms. The second-order valence-corrected chi connectivity index (χ2v) is 6.97. The number of methoxy groups -OCH3 is 2. The van der Waals surface area contributed by atoms with E-state index in [0.717, 1.165) is 0 Å². The molecule has 2 heterocycles. The lowest BCUT2D eigenvalue weighted by atomic mass is 10.2. The van der Waals surface area contributed by atoms with Gasteiger partial charge >= 0.3 is 5.69 Å². The summed E-state index contributed by atoms with van der Waals surface area (Å²) in [6.45, 7) is 4.76. The molecule has 10 nitrogen and oxygen atoms in total. The fourth-order valence-electron chi connectivity index (χ4n) is 3.40. The van der Waals surface area contributed by atoms with Crippen molar-refractivity contribution in [1.82, 2.24) is 14.1 Å². The van der Waals surface area contributed by atoms with Crippen molar-refractivity contribution in [2.45, 2.75) is 39.8 Å². The predicted octanol–water partition coefficient (Wildman–Crippen LogP) is 2.61. The molecule has 0 unspecified atom stereocenters. The van der Waals surface area contributed by atoms with Gasteiger partial charge in [-0.3, -0.25) is 18.7 Å². The minimum Gasteiger partial charge on any atom is -0.497 e. The molecule has 0 aliphatic rings. The molecule has 170 valence electrons. The van der Waals surface area contributed by atoms with Gasteiger partial charge in [-0.2, -0.15) is 0 Å². The summed E-state index contributed by atoms with van der Waals surface area (Å²) in [6.07, 6.45) is -0.0459. The summed E-state index contributed by atoms with van der Waals surface area (Å²) in [6, 6.07) is 8.44. The number of amides is 2. The van der Waals surface area contributed by atoms with Crippen LogP contribution in [-0.2, 0) is 22.7 Å². The third-order valence-corrected chi connectivity index (χ3v) is 5.02. The lowest BCUT2D eigenvalue weighted by Gasteiger charge is -2.11. The maximum atomic E-state index is 12.4. The molecule has 1 aromatic carbocycles. The predicted molar refractivity (Wildman–Crippen MR) is 121 cm³/mol. The average molecular weight is 441 g/mol. The van der Waals surface area contributed by atoms with Gasteiger partial charge < -0.3 is 20.1 Å². The van der Waals surface area contributed by atoms with Gasteiger partial charge in [0, 0.05) is 32.0 Å². The lowest BCUT2D eigenvalue weighted by molar-refractivity contribution is -0.121. The molecule has 0 fully saturated rings. The summed E-state index contributed by atoms with van der Waals surface area (Å²) in [5, 5.41) is 5.42. The standard InChI is InChI=1S/C22H27N5O5/c1-5-26-16-9-10-18(25-21(16)27(6-2)22(26)30)24-20(29)12-11-19(28)23-15-8-7-14(31-3)13-17(15)32-4/h7-10,13H,5-6,11-12H2,1-4H3,(H,23,28)(H,24,25,29). The number of aromatic nitrogens is 3. The van der Waals surface area contributed by atoms with E-state index in [1.807, 2.05) is 13.8 Å². The van der Waals surface area contributed by atoms with Gasteiger partial charge in [0.2, 0.25) is 11.8 Å². The van der Waals surface area contributed by atoms with E-state index >= 15 is 0 Å². The highest BCUT2D eigenvalue weighted by Crippen LogP contribution is 2.29. The SMILES string of the molecule is CCn1c(=O)n(CC)c2nc(NC(=O)CCC(=O)Nc3ccc(OC)cc3OC)ccc21. The average Bonchev–Trinajstić information content (AvgIpc) is 3.07. The fourth-order valence-corrected chi connectivity index (χ4v) is 3.40. The van der Waals surface area contributed by atoms with Gasteiger partial charge in [0.25, 0.3) is 0 Å². The number of hydrogen-bond acceptors (Lipinski definition) is 6. The maximum Gasteiger partial charge on any atom is 0.330 e. The molecule has 3 rings (SSSR count). The molecule has 0 aliphatic carbocycles. The second kappa shape index (κ2) is 9.99. The molecule has 2 amide bonds. The topological polar surface area (TPSA) is 116 Å². The van der Waals surface area contributed by atoms with Crippen LogP contribution >= 0.6 is 0 Å². The van der Waals surface area contributed by atoms with E-state index in [2.05, 4.69) is 15.6 Å². The largest absolute Gasteiger partial charge is 0.497 e. The zero-order chi connectivity index (χ0) is 23.3. The zero-order valence-corrected chi connectivity index (χ0v) is 18.6. The van der Waals surface area contributed by atoms with Crippen molar-refractivity contribution < 1.29 is 19.1 Å². The summed E-state index contributed by atoms with van der Waals surface area (Å²) in [7, 11) is 3.04. The molecule has 2 aromatic heterocycles. The normalized spacial score (nSPS) is 10.8.